The zero-order chi connectivity index (χ0) is 10.7. The van der Waals surface area contributed by atoms with E-state index in [9.17, 15) is 0 Å². The summed E-state index contributed by atoms with van der Waals surface area (Å²) in [5.74, 6) is 1.40. The molecule has 14 heavy (non-hydrogen) atoms. The Bertz CT molecular complexity index is 297. The number of benzene rings is 1. The van der Waals surface area contributed by atoms with Gasteiger partial charge in [-0.2, -0.15) is 0 Å². The van der Waals surface area contributed by atoms with Crippen molar-refractivity contribution in [3.05, 3.63) is 28.8 Å². The first-order valence-electron chi connectivity index (χ1n) is 4.95. The molecule has 0 aliphatic carbocycles. The third-order valence-electron chi connectivity index (χ3n) is 2.61. The lowest BCUT2D eigenvalue weighted by Crippen LogP contribution is -2.09. The fraction of sp³-hybridized carbons (Fsp3) is 0.500. The third-order valence-corrected chi connectivity index (χ3v) is 2.61. The van der Waals surface area contributed by atoms with Crippen molar-refractivity contribution in [2.24, 2.45) is 5.73 Å². The first-order valence-corrected chi connectivity index (χ1v) is 4.95. The number of ether oxygens (including phenoxy) is 1. The van der Waals surface area contributed by atoms with E-state index in [0.717, 1.165) is 5.75 Å². The standard InChI is InChI=1S/C12H19NO/c1-8-5-11(10(3)7-13)6-9(2)12(8)14-4/h5-6,10H,7,13H2,1-4H3. The lowest BCUT2D eigenvalue weighted by atomic mass is 9.96. The van der Waals surface area contributed by atoms with Gasteiger partial charge in [0.1, 0.15) is 5.75 Å². The van der Waals surface area contributed by atoms with E-state index in [-0.39, 0.29) is 0 Å². The van der Waals surface area contributed by atoms with E-state index >= 15 is 0 Å². The van der Waals surface area contributed by atoms with E-state index < -0.39 is 0 Å². The van der Waals surface area contributed by atoms with Crippen LogP contribution in [0.25, 0.3) is 0 Å². The van der Waals surface area contributed by atoms with Crippen LogP contribution in [0.1, 0.15) is 29.5 Å². The highest BCUT2D eigenvalue weighted by molar-refractivity contribution is 5.44. The summed E-state index contributed by atoms with van der Waals surface area (Å²) in [6, 6.07) is 4.31. The summed E-state index contributed by atoms with van der Waals surface area (Å²) >= 11 is 0. The highest BCUT2D eigenvalue weighted by atomic mass is 16.5. The smallest absolute Gasteiger partial charge is 0.124 e. The maximum atomic E-state index is 5.64. The number of methoxy groups -OCH3 is 1. The summed E-state index contributed by atoms with van der Waals surface area (Å²) < 4.78 is 5.31. The molecule has 0 bridgehead atoms. The van der Waals surface area contributed by atoms with Crippen LogP contribution in [-0.2, 0) is 0 Å². The molecule has 0 saturated heterocycles. The highest BCUT2D eigenvalue weighted by Gasteiger charge is 2.08. The molecule has 0 heterocycles. The molecule has 0 fully saturated rings. The van der Waals surface area contributed by atoms with Crippen LogP contribution in [0.15, 0.2) is 12.1 Å². The van der Waals surface area contributed by atoms with Crippen LogP contribution in [0, 0.1) is 13.8 Å². The minimum atomic E-state index is 0.415. The van der Waals surface area contributed by atoms with Gasteiger partial charge in [-0.05, 0) is 43.0 Å². The Kier molecular flexibility index (Phi) is 3.53. The second-order valence-electron chi connectivity index (χ2n) is 3.82. The maximum Gasteiger partial charge on any atom is 0.124 e. The molecular weight excluding hydrogens is 174 g/mol. The Balaban J connectivity index is 3.13. The molecule has 2 nitrogen and oxygen atoms in total. The molecule has 1 rings (SSSR count). The van der Waals surface area contributed by atoms with Gasteiger partial charge in [0.25, 0.3) is 0 Å². The Morgan fingerprint density at radius 3 is 2.14 bits per heavy atom. The van der Waals surface area contributed by atoms with Gasteiger partial charge in [0.15, 0.2) is 0 Å². The quantitative estimate of drug-likeness (QED) is 0.800. The molecule has 0 amide bonds. The number of hydrogen-bond acceptors (Lipinski definition) is 2. The molecule has 0 radical (unpaired) electrons. The largest absolute Gasteiger partial charge is 0.496 e. The van der Waals surface area contributed by atoms with Crippen LogP contribution in [0.3, 0.4) is 0 Å². The zero-order valence-corrected chi connectivity index (χ0v) is 9.42. The minimum Gasteiger partial charge on any atom is -0.496 e. The average Bonchev–Trinajstić information content (AvgIpc) is 2.16. The summed E-state index contributed by atoms with van der Waals surface area (Å²) in [5.41, 5.74) is 9.30. The van der Waals surface area contributed by atoms with Gasteiger partial charge in [0.2, 0.25) is 0 Å². The Morgan fingerprint density at radius 2 is 1.79 bits per heavy atom. The Morgan fingerprint density at radius 1 is 1.29 bits per heavy atom. The third kappa shape index (κ3) is 2.07. The fourth-order valence-electron chi connectivity index (χ4n) is 1.73. The van der Waals surface area contributed by atoms with Crippen molar-refractivity contribution in [2.45, 2.75) is 26.7 Å². The van der Waals surface area contributed by atoms with Crippen LogP contribution in [-0.4, -0.2) is 13.7 Å². The van der Waals surface area contributed by atoms with Gasteiger partial charge >= 0.3 is 0 Å². The monoisotopic (exact) mass is 193 g/mol. The van der Waals surface area contributed by atoms with Gasteiger partial charge in [0, 0.05) is 0 Å². The van der Waals surface area contributed by atoms with Gasteiger partial charge in [-0.3, -0.25) is 0 Å². The number of hydrogen-bond donors (Lipinski definition) is 1. The van der Waals surface area contributed by atoms with Crippen molar-refractivity contribution in [1.29, 1.82) is 0 Å². The first kappa shape index (κ1) is 11.1. The molecule has 2 heteroatoms. The van der Waals surface area contributed by atoms with Gasteiger partial charge in [-0.25, -0.2) is 0 Å². The van der Waals surface area contributed by atoms with Crippen LogP contribution in [0.2, 0.25) is 0 Å². The first-order chi connectivity index (χ1) is 6.60. The number of rotatable bonds is 3. The van der Waals surface area contributed by atoms with E-state index in [1.165, 1.54) is 16.7 Å². The average molecular weight is 193 g/mol. The van der Waals surface area contributed by atoms with Gasteiger partial charge in [-0.15, -0.1) is 0 Å². The Hall–Kier alpha value is -1.02. The van der Waals surface area contributed by atoms with E-state index in [1.807, 2.05) is 0 Å². The lowest BCUT2D eigenvalue weighted by Gasteiger charge is -2.14. The summed E-state index contributed by atoms with van der Waals surface area (Å²) in [6.07, 6.45) is 0. The van der Waals surface area contributed by atoms with Crippen LogP contribution in [0.5, 0.6) is 5.75 Å². The molecule has 78 valence electrons. The zero-order valence-electron chi connectivity index (χ0n) is 9.42. The van der Waals surface area contributed by atoms with Crippen LogP contribution in [0.4, 0.5) is 0 Å². The Labute approximate surface area is 86.1 Å². The highest BCUT2D eigenvalue weighted by Crippen LogP contribution is 2.27. The molecule has 1 aromatic carbocycles. The molecule has 1 aromatic rings. The van der Waals surface area contributed by atoms with Gasteiger partial charge in [-0.1, -0.05) is 19.1 Å². The van der Waals surface area contributed by atoms with Crippen molar-refractivity contribution in [3.63, 3.8) is 0 Å². The van der Waals surface area contributed by atoms with Crippen molar-refractivity contribution >= 4 is 0 Å². The minimum absolute atomic E-state index is 0.415. The van der Waals surface area contributed by atoms with Crippen LogP contribution < -0.4 is 10.5 Å². The summed E-state index contributed by atoms with van der Waals surface area (Å²) in [4.78, 5) is 0. The number of aryl methyl sites for hydroxylation is 2. The summed E-state index contributed by atoms with van der Waals surface area (Å²) in [6.45, 7) is 6.96. The molecule has 2 N–H and O–H groups in total. The fourth-order valence-corrected chi connectivity index (χ4v) is 1.73. The second kappa shape index (κ2) is 4.47. The van der Waals surface area contributed by atoms with Gasteiger partial charge < -0.3 is 10.5 Å². The summed E-state index contributed by atoms with van der Waals surface area (Å²) in [5, 5.41) is 0. The van der Waals surface area contributed by atoms with E-state index in [4.69, 9.17) is 10.5 Å². The molecule has 0 saturated carbocycles. The van der Waals surface area contributed by atoms with E-state index in [1.54, 1.807) is 7.11 Å². The van der Waals surface area contributed by atoms with Crippen molar-refractivity contribution < 1.29 is 4.74 Å². The van der Waals surface area contributed by atoms with Crippen molar-refractivity contribution in [1.82, 2.24) is 0 Å². The molecule has 0 spiro atoms. The molecule has 0 aromatic heterocycles. The predicted molar refractivity (Wildman–Crippen MR) is 59.9 cm³/mol. The molecule has 0 aliphatic heterocycles. The van der Waals surface area contributed by atoms with Crippen molar-refractivity contribution in [3.8, 4) is 5.75 Å². The lowest BCUT2D eigenvalue weighted by molar-refractivity contribution is 0.408. The number of nitrogens with two attached hydrogens (primary N) is 1. The second-order valence-corrected chi connectivity index (χ2v) is 3.82. The molecule has 1 atom stereocenters. The van der Waals surface area contributed by atoms with E-state index in [0.29, 0.717) is 12.5 Å². The molecular formula is C12H19NO. The SMILES string of the molecule is COc1c(C)cc(C(C)CN)cc1C. The maximum absolute atomic E-state index is 5.64. The van der Waals surface area contributed by atoms with Crippen LogP contribution >= 0.6 is 0 Å². The summed E-state index contributed by atoms with van der Waals surface area (Å²) in [7, 11) is 1.71. The molecule has 0 aliphatic rings. The van der Waals surface area contributed by atoms with Crippen molar-refractivity contribution in [2.75, 3.05) is 13.7 Å². The normalized spacial score (nSPS) is 12.6. The predicted octanol–water partition coefficient (Wildman–Crippen LogP) is 2.37. The van der Waals surface area contributed by atoms with Gasteiger partial charge in [0.05, 0.1) is 7.11 Å². The topological polar surface area (TPSA) is 35.2 Å². The van der Waals surface area contributed by atoms with E-state index in [2.05, 4.69) is 32.9 Å². The molecule has 1 unspecified atom stereocenters.